The lowest BCUT2D eigenvalue weighted by Gasteiger charge is -2.25. The van der Waals surface area contributed by atoms with Gasteiger partial charge in [0.1, 0.15) is 24.9 Å². The van der Waals surface area contributed by atoms with Crippen LogP contribution in [0.4, 0.5) is 5.69 Å². The summed E-state index contributed by atoms with van der Waals surface area (Å²) >= 11 is 0. The van der Waals surface area contributed by atoms with Crippen molar-refractivity contribution in [1.82, 2.24) is 0 Å². The Balaban J connectivity index is 3.32. The Morgan fingerprint density at radius 3 is 2.03 bits per heavy atom. The minimum absolute atomic E-state index is 0.00606. The number of aliphatic hydroxyl groups excluding tert-OH is 1. The number of hydrogen-bond donors (Lipinski definition) is 1. The van der Waals surface area contributed by atoms with Gasteiger partial charge in [-0.2, -0.15) is 0 Å². The van der Waals surface area contributed by atoms with Gasteiger partial charge in [-0.3, -0.25) is 19.7 Å². The van der Waals surface area contributed by atoms with E-state index in [1.165, 1.54) is 23.1 Å². The summed E-state index contributed by atoms with van der Waals surface area (Å²) in [5.41, 5.74) is 0.365. The Morgan fingerprint density at radius 2 is 1.53 bits per heavy atom. The van der Waals surface area contributed by atoms with Crippen molar-refractivity contribution in [2.45, 2.75) is 26.9 Å². The van der Waals surface area contributed by atoms with E-state index in [1.807, 2.05) is 0 Å². The van der Waals surface area contributed by atoms with E-state index < -0.39 is 42.1 Å². The minimum atomic E-state index is -1.44. The third-order valence-electron chi connectivity index (χ3n) is 3.93. The second-order valence-corrected chi connectivity index (χ2v) is 6.32. The molecule has 1 aromatic carbocycles. The summed E-state index contributed by atoms with van der Waals surface area (Å²) < 4.78 is 20.2. The predicted molar refractivity (Wildman–Crippen MR) is 111 cm³/mol. The summed E-state index contributed by atoms with van der Waals surface area (Å²) in [6.45, 7) is 3.37. The second kappa shape index (κ2) is 13.8. The van der Waals surface area contributed by atoms with Crippen molar-refractivity contribution in [3.8, 4) is 5.75 Å². The average molecular weight is 456 g/mol. The molecule has 1 N–H and O–H groups in total. The van der Waals surface area contributed by atoms with Crippen molar-refractivity contribution in [2.24, 2.45) is 0 Å². The Morgan fingerprint density at radius 1 is 1.00 bits per heavy atom. The molecule has 0 aliphatic rings. The Hall–Kier alpha value is -3.41. The van der Waals surface area contributed by atoms with E-state index in [0.717, 1.165) is 0 Å². The summed E-state index contributed by atoms with van der Waals surface area (Å²) in [6, 6.07) is 4.10. The molecule has 0 fully saturated rings. The molecule has 0 amide bonds. The minimum Gasteiger partial charge on any atom is -0.480 e. The van der Waals surface area contributed by atoms with Crippen molar-refractivity contribution in [3.05, 3.63) is 33.9 Å². The maximum atomic E-state index is 12.1. The van der Waals surface area contributed by atoms with Crippen molar-refractivity contribution < 1.29 is 43.4 Å². The monoisotopic (exact) mass is 456 g/mol. The summed E-state index contributed by atoms with van der Waals surface area (Å²) in [6.07, 6.45) is -1.44. The van der Waals surface area contributed by atoms with Crippen molar-refractivity contribution >= 4 is 23.6 Å². The maximum absolute atomic E-state index is 12.1. The van der Waals surface area contributed by atoms with Gasteiger partial charge in [-0.15, -0.1) is 0 Å². The lowest BCUT2D eigenvalue weighted by atomic mass is 10.1. The molecule has 12 nitrogen and oxygen atoms in total. The van der Waals surface area contributed by atoms with E-state index >= 15 is 0 Å². The first-order valence-corrected chi connectivity index (χ1v) is 10.00. The summed E-state index contributed by atoms with van der Waals surface area (Å²) in [5, 5.41) is 20.8. The van der Waals surface area contributed by atoms with Gasteiger partial charge in [0.15, 0.2) is 6.61 Å². The molecule has 1 aromatic rings. The molecule has 0 aliphatic heterocycles. The standard InChI is InChI=1S/C20H28N2O10/c1-4-29-18(24)11-21(12-19(25)30-5-2)15-8-7-14(16(23)10-22(27)28)9-17(15)32-13-20(26)31-6-3/h7-9,16,23H,4-6,10-13H2,1-3H3. The van der Waals surface area contributed by atoms with Crippen LogP contribution in [0.3, 0.4) is 0 Å². The molecule has 32 heavy (non-hydrogen) atoms. The SMILES string of the molecule is CCOC(=O)COc1cc(C(O)C[N+](=O)[O-])ccc1N(CC(=O)OCC)CC(=O)OCC. The first-order valence-electron chi connectivity index (χ1n) is 10.00. The number of carbonyl (C=O) groups excluding carboxylic acids is 3. The molecular weight excluding hydrogens is 428 g/mol. The molecule has 0 aromatic heterocycles. The molecule has 1 unspecified atom stereocenters. The number of nitro groups is 1. The lowest BCUT2D eigenvalue weighted by Crippen LogP contribution is -2.36. The molecule has 0 bridgehead atoms. The number of benzene rings is 1. The quantitative estimate of drug-likeness (QED) is 0.183. The summed E-state index contributed by atoms with van der Waals surface area (Å²) in [4.78, 5) is 47.3. The van der Waals surface area contributed by atoms with E-state index in [0.29, 0.717) is 0 Å². The number of esters is 3. The third kappa shape index (κ3) is 9.16. The molecule has 0 saturated heterocycles. The van der Waals surface area contributed by atoms with E-state index in [2.05, 4.69) is 0 Å². The highest BCUT2D eigenvalue weighted by Crippen LogP contribution is 2.32. The number of aliphatic hydroxyl groups is 1. The molecule has 0 heterocycles. The molecule has 1 rings (SSSR count). The zero-order valence-corrected chi connectivity index (χ0v) is 18.3. The largest absolute Gasteiger partial charge is 0.480 e. The average Bonchev–Trinajstić information content (AvgIpc) is 2.71. The number of rotatable bonds is 14. The fraction of sp³-hybridized carbons (Fsp3) is 0.550. The van der Waals surface area contributed by atoms with Crippen LogP contribution in [0.25, 0.3) is 0 Å². The van der Waals surface area contributed by atoms with Gasteiger partial charge < -0.3 is 29.0 Å². The van der Waals surface area contributed by atoms with Crippen LogP contribution in [0.1, 0.15) is 32.4 Å². The number of nitrogens with zero attached hydrogens (tertiary/aromatic N) is 2. The maximum Gasteiger partial charge on any atom is 0.344 e. The highest BCUT2D eigenvalue weighted by molar-refractivity contribution is 5.83. The number of carbonyl (C=O) groups is 3. The molecule has 1 atom stereocenters. The summed E-state index contributed by atoms with van der Waals surface area (Å²) in [5.74, 6) is -1.90. The zero-order valence-electron chi connectivity index (χ0n) is 18.3. The Kier molecular flexibility index (Phi) is 11.5. The highest BCUT2D eigenvalue weighted by Gasteiger charge is 2.23. The van der Waals surface area contributed by atoms with Crippen molar-refractivity contribution in [1.29, 1.82) is 0 Å². The van der Waals surface area contributed by atoms with Crippen LogP contribution in [0.5, 0.6) is 5.75 Å². The first kappa shape index (κ1) is 26.6. The summed E-state index contributed by atoms with van der Waals surface area (Å²) in [7, 11) is 0. The van der Waals surface area contributed by atoms with E-state index in [4.69, 9.17) is 18.9 Å². The van der Waals surface area contributed by atoms with Crippen LogP contribution in [0.15, 0.2) is 18.2 Å². The van der Waals surface area contributed by atoms with E-state index in [9.17, 15) is 29.6 Å². The van der Waals surface area contributed by atoms with Crippen LogP contribution in [0, 0.1) is 10.1 Å². The second-order valence-electron chi connectivity index (χ2n) is 6.32. The van der Waals surface area contributed by atoms with E-state index in [1.54, 1.807) is 20.8 Å². The smallest absolute Gasteiger partial charge is 0.344 e. The molecule has 0 radical (unpaired) electrons. The highest BCUT2D eigenvalue weighted by atomic mass is 16.6. The molecule has 12 heteroatoms. The number of anilines is 1. The topological polar surface area (TPSA) is 155 Å². The number of ether oxygens (including phenoxy) is 4. The molecule has 0 spiro atoms. The fourth-order valence-corrected chi connectivity index (χ4v) is 2.65. The normalized spacial score (nSPS) is 11.2. The lowest BCUT2D eigenvalue weighted by molar-refractivity contribution is -0.491. The van der Waals surface area contributed by atoms with Gasteiger partial charge in [0.05, 0.1) is 25.5 Å². The fourth-order valence-electron chi connectivity index (χ4n) is 2.65. The van der Waals surface area contributed by atoms with Gasteiger partial charge in [-0.1, -0.05) is 6.07 Å². The van der Waals surface area contributed by atoms with Gasteiger partial charge in [0.25, 0.3) is 0 Å². The van der Waals surface area contributed by atoms with Crippen LogP contribution >= 0.6 is 0 Å². The van der Waals surface area contributed by atoms with Gasteiger partial charge in [-0.05, 0) is 38.5 Å². The Labute approximate surface area is 185 Å². The molecule has 0 saturated carbocycles. The van der Waals surface area contributed by atoms with Crippen LogP contribution in [-0.2, 0) is 28.6 Å². The van der Waals surface area contributed by atoms with Gasteiger partial charge >= 0.3 is 17.9 Å². The molecule has 0 aliphatic carbocycles. The third-order valence-corrected chi connectivity index (χ3v) is 3.93. The Bertz CT molecular complexity index is 779. The van der Waals surface area contributed by atoms with Crippen LogP contribution < -0.4 is 9.64 Å². The van der Waals surface area contributed by atoms with Gasteiger partial charge in [-0.25, -0.2) is 4.79 Å². The van der Waals surface area contributed by atoms with Crippen LogP contribution in [0.2, 0.25) is 0 Å². The zero-order chi connectivity index (χ0) is 24.1. The van der Waals surface area contributed by atoms with Crippen molar-refractivity contribution in [3.63, 3.8) is 0 Å². The van der Waals surface area contributed by atoms with Gasteiger partial charge in [0, 0.05) is 4.92 Å². The molecular formula is C20H28N2O10. The van der Waals surface area contributed by atoms with Crippen molar-refractivity contribution in [2.75, 3.05) is 51.0 Å². The first-order chi connectivity index (χ1) is 15.2. The van der Waals surface area contributed by atoms with Crippen LogP contribution in [-0.4, -0.2) is 74.0 Å². The van der Waals surface area contributed by atoms with E-state index in [-0.39, 0.29) is 49.9 Å². The van der Waals surface area contributed by atoms with Gasteiger partial charge in [0.2, 0.25) is 6.54 Å². The predicted octanol–water partition coefficient (Wildman–Crippen LogP) is 0.871. The number of hydrogen-bond acceptors (Lipinski definition) is 11. The molecule has 178 valence electrons.